The SMILES string of the molecule is O=C1c2ccccc2N2C(c3ccccc3)=Cc3ccccc3[C@@]12O. The number of carbonyl (C=O) groups excluding carboxylic acids is 1. The fourth-order valence-electron chi connectivity index (χ4n) is 3.84. The topological polar surface area (TPSA) is 40.5 Å². The quantitative estimate of drug-likeness (QED) is 0.734. The van der Waals surface area contributed by atoms with E-state index in [4.69, 9.17) is 0 Å². The lowest BCUT2D eigenvalue weighted by atomic mass is 9.88. The number of para-hydroxylation sites is 1. The van der Waals surface area contributed by atoms with Crippen molar-refractivity contribution in [2.45, 2.75) is 5.72 Å². The monoisotopic (exact) mass is 325 g/mol. The van der Waals surface area contributed by atoms with Gasteiger partial charge in [-0.05, 0) is 29.3 Å². The number of carbonyl (C=O) groups is 1. The molecule has 0 saturated heterocycles. The summed E-state index contributed by atoms with van der Waals surface area (Å²) in [5.41, 5.74) is 2.83. The molecule has 5 rings (SSSR count). The molecule has 0 spiro atoms. The van der Waals surface area contributed by atoms with Crippen LogP contribution >= 0.6 is 0 Å². The van der Waals surface area contributed by atoms with Crippen molar-refractivity contribution in [3.8, 4) is 0 Å². The summed E-state index contributed by atoms with van der Waals surface area (Å²) in [4.78, 5) is 14.9. The van der Waals surface area contributed by atoms with E-state index in [9.17, 15) is 9.90 Å². The molecule has 25 heavy (non-hydrogen) atoms. The Morgan fingerprint density at radius 3 is 2.32 bits per heavy atom. The zero-order valence-corrected chi connectivity index (χ0v) is 13.4. The number of rotatable bonds is 1. The van der Waals surface area contributed by atoms with Gasteiger partial charge in [-0.3, -0.25) is 4.79 Å². The van der Waals surface area contributed by atoms with Crippen LogP contribution < -0.4 is 4.90 Å². The lowest BCUT2D eigenvalue weighted by Crippen LogP contribution is -2.48. The highest BCUT2D eigenvalue weighted by Gasteiger charge is 2.55. The van der Waals surface area contributed by atoms with Crippen molar-refractivity contribution in [1.29, 1.82) is 0 Å². The summed E-state index contributed by atoms with van der Waals surface area (Å²) >= 11 is 0. The summed E-state index contributed by atoms with van der Waals surface area (Å²) in [6.45, 7) is 0. The number of nitrogens with zero attached hydrogens (tertiary/aromatic N) is 1. The molecule has 3 heteroatoms. The van der Waals surface area contributed by atoms with Crippen molar-refractivity contribution in [3.05, 3.63) is 101 Å². The number of benzene rings is 3. The molecule has 2 heterocycles. The number of hydrogen-bond donors (Lipinski definition) is 1. The van der Waals surface area contributed by atoms with Gasteiger partial charge >= 0.3 is 0 Å². The molecule has 120 valence electrons. The summed E-state index contributed by atoms with van der Waals surface area (Å²) in [5, 5.41) is 11.6. The molecule has 0 unspecified atom stereocenters. The smallest absolute Gasteiger partial charge is 0.235 e. The van der Waals surface area contributed by atoms with Crippen molar-refractivity contribution in [2.75, 3.05) is 4.90 Å². The summed E-state index contributed by atoms with van der Waals surface area (Å²) in [7, 11) is 0. The van der Waals surface area contributed by atoms with Crippen LogP contribution in [0.3, 0.4) is 0 Å². The molecule has 2 aliphatic heterocycles. The highest BCUT2D eigenvalue weighted by atomic mass is 16.3. The molecule has 2 aliphatic rings. The van der Waals surface area contributed by atoms with Gasteiger partial charge in [-0.2, -0.15) is 0 Å². The minimum absolute atomic E-state index is 0.280. The Morgan fingerprint density at radius 2 is 1.48 bits per heavy atom. The fraction of sp³-hybridized carbons (Fsp3) is 0.0455. The van der Waals surface area contributed by atoms with Gasteiger partial charge in [0.05, 0.1) is 11.4 Å². The van der Waals surface area contributed by atoms with Gasteiger partial charge in [0.1, 0.15) is 0 Å². The first-order valence-corrected chi connectivity index (χ1v) is 8.24. The molecule has 3 aromatic carbocycles. The fourth-order valence-corrected chi connectivity index (χ4v) is 3.84. The van der Waals surface area contributed by atoms with E-state index in [-0.39, 0.29) is 5.78 Å². The van der Waals surface area contributed by atoms with Gasteiger partial charge in [0.2, 0.25) is 11.5 Å². The minimum atomic E-state index is -1.71. The van der Waals surface area contributed by atoms with Crippen LogP contribution in [0.1, 0.15) is 27.0 Å². The number of fused-ring (bicyclic) bond motifs is 5. The molecule has 1 N–H and O–H groups in total. The number of anilines is 1. The van der Waals surface area contributed by atoms with Crippen LogP contribution in [0.2, 0.25) is 0 Å². The third-order valence-corrected chi connectivity index (χ3v) is 4.97. The van der Waals surface area contributed by atoms with E-state index in [0.717, 1.165) is 22.5 Å². The second-order valence-electron chi connectivity index (χ2n) is 6.34. The largest absolute Gasteiger partial charge is 0.360 e. The predicted octanol–water partition coefficient (Wildman–Crippen LogP) is 4.05. The minimum Gasteiger partial charge on any atom is -0.360 e. The van der Waals surface area contributed by atoms with E-state index >= 15 is 0 Å². The van der Waals surface area contributed by atoms with Gasteiger partial charge in [-0.1, -0.05) is 66.7 Å². The van der Waals surface area contributed by atoms with Gasteiger partial charge in [0.15, 0.2) is 0 Å². The van der Waals surface area contributed by atoms with E-state index in [2.05, 4.69) is 0 Å². The van der Waals surface area contributed by atoms with Crippen molar-refractivity contribution < 1.29 is 9.90 Å². The van der Waals surface area contributed by atoms with Crippen LogP contribution in [0.4, 0.5) is 5.69 Å². The lowest BCUT2D eigenvalue weighted by molar-refractivity contribution is 0.0377. The number of Topliss-reactive ketones (excluding diaryl/α,β-unsaturated/α-hetero) is 1. The predicted molar refractivity (Wildman–Crippen MR) is 97.9 cm³/mol. The first kappa shape index (κ1) is 14.2. The molecule has 3 nitrogen and oxygen atoms in total. The Hall–Kier alpha value is -3.17. The molecule has 0 saturated carbocycles. The van der Waals surface area contributed by atoms with E-state index in [1.54, 1.807) is 11.0 Å². The molecule has 0 bridgehead atoms. The zero-order chi connectivity index (χ0) is 17.0. The Balaban J connectivity index is 1.87. The Morgan fingerprint density at radius 1 is 0.800 bits per heavy atom. The van der Waals surface area contributed by atoms with Gasteiger partial charge in [-0.15, -0.1) is 0 Å². The molecular weight excluding hydrogens is 310 g/mol. The average Bonchev–Trinajstić information content (AvgIpc) is 2.91. The number of aliphatic hydroxyl groups is 1. The van der Waals surface area contributed by atoms with E-state index in [1.807, 2.05) is 78.9 Å². The third-order valence-electron chi connectivity index (χ3n) is 4.97. The highest BCUT2D eigenvalue weighted by Crippen LogP contribution is 2.51. The maximum Gasteiger partial charge on any atom is 0.235 e. The molecule has 0 radical (unpaired) electrons. The Bertz CT molecular complexity index is 1040. The first-order chi connectivity index (χ1) is 12.2. The first-order valence-electron chi connectivity index (χ1n) is 8.24. The summed E-state index contributed by atoms with van der Waals surface area (Å²) in [5.74, 6) is -0.280. The summed E-state index contributed by atoms with van der Waals surface area (Å²) < 4.78 is 0. The number of ketones is 1. The van der Waals surface area contributed by atoms with Crippen molar-refractivity contribution in [2.24, 2.45) is 0 Å². The van der Waals surface area contributed by atoms with Gasteiger partial charge in [0.25, 0.3) is 0 Å². The maximum absolute atomic E-state index is 13.2. The second kappa shape index (κ2) is 4.91. The van der Waals surface area contributed by atoms with Crippen molar-refractivity contribution in [1.82, 2.24) is 0 Å². The molecule has 0 aromatic heterocycles. The second-order valence-corrected chi connectivity index (χ2v) is 6.34. The van der Waals surface area contributed by atoms with Crippen molar-refractivity contribution >= 4 is 23.2 Å². The average molecular weight is 325 g/mol. The van der Waals surface area contributed by atoms with Crippen LogP contribution in [0, 0.1) is 0 Å². The van der Waals surface area contributed by atoms with E-state index < -0.39 is 5.72 Å². The maximum atomic E-state index is 13.2. The zero-order valence-electron chi connectivity index (χ0n) is 13.4. The highest BCUT2D eigenvalue weighted by molar-refractivity contribution is 6.19. The van der Waals surface area contributed by atoms with Crippen LogP contribution in [0.5, 0.6) is 0 Å². The molecule has 0 amide bonds. The third kappa shape index (κ3) is 1.76. The lowest BCUT2D eigenvalue weighted by Gasteiger charge is -2.40. The Kier molecular flexibility index (Phi) is 2.79. The standard InChI is InChI=1S/C22H15NO2/c24-21-17-11-5-7-13-19(17)23-20(15-8-2-1-3-9-15)14-16-10-4-6-12-18(16)22(21,23)25/h1-14,25H/t22-/m1/s1. The molecule has 3 aromatic rings. The summed E-state index contributed by atoms with van der Waals surface area (Å²) in [6, 6.07) is 24.8. The van der Waals surface area contributed by atoms with Crippen LogP contribution in [0.15, 0.2) is 78.9 Å². The molecule has 0 fully saturated rings. The van der Waals surface area contributed by atoms with E-state index in [1.165, 1.54) is 0 Å². The Labute approximate surface area is 145 Å². The number of hydrogen-bond acceptors (Lipinski definition) is 3. The van der Waals surface area contributed by atoms with Gasteiger partial charge < -0.3 is 10.0 Å². The summed E-state index contributed by atoms with van der Waals surface area (Å²) in [6.07, 6.45) is 2.04. The molecular formula is C22H15NO2. The van der Waals surface area contributed by atoms with Gasteiger partial charge in [-0.25, -0.2) is 0 Å². The molecule has 0 aliphatic carbocycles. The van der Waals surface area contributed by atoms with Crippen LogP contribution in [-0.4, -0.2) is 10.9 Å². The van der Waals surface area contributed by atoms with Crippen LogP contribution in [-0.2, 0) is 5.72 Å². The van der Waals surface area contributed by atoms with Crippen molar-refractivity contribution in [3.63, 3.8) is 0 Å². The van der Waals surface area contributed by atoms with E-state index in [0.29, 0.717) is 11.1 Å². The normalized spacial score (nSPS) is 20.6. The van der Waals surface area contributed by atoms with Crippen LogP contribution in [0.25, 0.3) is 11.8 Å². The van der Waals surface area contributed by atoms with Gasteiger partial charge in [0, 0.05) is 11.1 Å². The molecule has 1 atom stereocenters.